The summed E-state index contributed by atoms with van der Waals surface area (Å²) in [5.74, 6) is 1.66. The fraction of sp³-hybridized carbons (Fsp3) is 0.458. The number of carbonyl (C=O) groups excluding carboxylic acids is 3. The molecule has 196 valence electrons. The SMILES string of the molecule is CC(C)(C)OC(=O)N1CCN(C(=O)OC2C3=C(SCCS3)C(=O)N2c2ccc3ccc(Cl)nc3n2)CC1. The molecular formula is C24H26ClN5O5S2. The molecule has 37 heavy (non-hydrogen) atoms. The third-order valence-corrected chi connectivity index (χ3v) is 8.65. The molecule has 13 heteroatoms. The van der Waals surface area contributed by atoms with Gasteiger partial charge in [0.05, 0.1) is 9.81 Å². The van der Waals surface area contributed by atoms with Gasteiger partial charge in [-0.25, -0.2) is 24.5 Å². The van der Waals surface area contributed by atoms with Crippen LogP contribution in [-0.4, -0.2) is 87.4 Å². The summed E-state index contributed by atoms with van der Waals surface area (Å²) in [6, 6.07) is 6.99. The van der Waals surface area contributed by atoms with Crippen LogP contribution in [0, 0.1) is 0 Å². The maximum absolute atomic E-state index is 13.4. The predicted molar refractivity (Wildman–Crippen MR) is 144 cm³/mol. The van der Waals surface area contributed by atoms with E-state index in [0.29, 0.717) is 52.6 Å². The van der Waals surface area contributed by atoms with E-state index in [9.17, 15) is 14.4 Å². The molecule has 1 fully saturated rings. The summed E-state index contributed by atoms with van der Waals surface area (Å²) in [5.41, 5.74) is -0.198. The minimum absolute atomic E-state index is 0.256. The number of hydrogen-bond acceptors (Lipinski definition) is 9. The largest absolute Gasteiger partial charge is 0.444 e. The molecule has 0 aliphatic carbocycles. The Bertz CT molecular complexity index is 1290. The molecule has 5 rings (SSSR count). The zero-order chi connectivity index (χ0) is 26.3. The van der Waals surface area contributed by atoms with Crippen molar-refractivity contribution in [3.63, 3.8) is 0 Å². The molecule has 3 amide bonds. The molecule has 1 atom stereocenters. The summed E-state index contributed by atoms with van der Waals surface area (Å²) in [4.78, 5) is 53.6. The average molecular weight is 564 g/mol. The van der Waals surface area contributed by atoms with Gasteiger partial charge in [-0.05, 0) is 45.0 Å². The van der Waals surface area contributed by atoms with Gasteiger partial charge in [0.25, 0.3) is 5.91 Å². The van der Waals surface area contributed by atoms with E-state index in [-0.39, 0.29) is 5.91 Å². The quantitative estimate of drug-likeness (QED) is 0.493. The number of hydrogen-bond donors (Lipinski definition) is 0. The summed E-state index contributed by atoms with van der Waals surface area (Å²) < 4.78 is 11.4. The Kier molecular flexibility index (Phi) is 7.16. The second-order valence-electron chi connectivity index (χ2n) is 9.61. The van der Waals surface area contributed by atoms with Gasteiger partial charge in [0.2, 0.25) is 6.23 Å². The lowest BCUT2D eigenvalue weighted by molar-refractivity contribution is -0.115. The lowest BCUT2D eigenvalue weighted by atomic mass is 10.2. The van der Waals surface area contributed by atoms with Gasteiger partial charge >= 0.3 is 12.2 Å². The zero-order valence-corrected chi connectivity index (χ0v) is 23.0. The number of pyridine rings is 2. The van der Waals surface area contributed by atoms with Gasteiger partial charge in [0, 0.05) is 43.1 Å². The molecule has 0 radical (unpaired) electrons. The van der Waals surface area contributed by atoms with Crippen molar-refractivity contribution >= 4 is 70.1 Å². The van der Waals surface area contributed by atoms with E-state index in [0.717, 1.165) is 16.9 Å². The summed E-state index contributed by atoms with van der Waals surface area (Å²) in [5, 5.41) is 1.07. The second-order valence-corrected chi connectivity index (χ2v) is 12.2. The van der Waals surface area contributed by atoms with E-state index in [1.807, 2.05) is 20.8 Å². The molecular weight excluding hydrogens is 538 g/mol. The molecule has 3 aliphatic heterocycles. The molecule has 0 spiro atoms. The molecule has 5 heterocycles. The van der Waals surface area contributed by atoms with E-state index in [2.05, 4.69) is 9.97 Å². The Morgan fingerprint density at radius 2 is 1.62 bits per heavy atom. The Balaban J connectivity index is 1.34. The summed E-state index contributed by atoms with van der Waals surface area (Å²) in [6.45, 7) is 6.68. The number of thioether (sulfide) groups is 2. The maximum atomic E-state index is 13.4. The number of ether oxygens (including phenoxy) is 2. The van der Waals surface area contributed by atoms with Crippen molar-refractivity contribution in [3.8, 4) is 0 Å². The van der Waals surface area contributed by atoms with Crippen molar-refractivity contribution in [2.75, 3.05) is 42.6 Å². The Morgan fingerprint density at radius 1 is 0.973 bits per heavy atom. The van der Waals surface area contributed by atoms with E-state index in [1.165, 1.54) is 33.3 Å². The van der Waals surface area contributed by atoms with Gasteiger partial charge in [-0.3, -0.25) is 4.79 Å². The van der Waals surface area contributed by atoms with E-state index in [1.54, 1.807) is 29.2 Å². The van der Waals surface area contributed by atoms with Crippen LogP contribution >= 0.6 is 35.1 Å². The number of halogens is 1. The molecule has 0 saturated carbocycles. The fourth-order valence-electron chi connectivity index (χ4n) is 4.11. The van der Waals surface area contributed by atoms with Crippen molar-refractivity contribution in [3.05, 3.63) is 39.2 Å². The van der Waals surface area contributed by atoms with Gasteiger partial charge in [-0.15, -0.1) is 23.5 Å². The lowest BCUT2D eigenvalue weighted by Crippen LogP contribution is -2.53. The first-order chi connectivity index (χ1) is 17.6. The lowest BCUT2D eigenvalue weighted by Gasteiger charge is -2.36. The van der Waals surface area contributed by atoms with Crippen LogP contribution in [0.15, 0.2) is 34.1 Å². The molecule has 2 aromatic heterocycles. The third kappa shape index (κ3) is 5.46. The number of anilines is 1. The highest BCUT2D eigenvalue weighted by Crippen LogP contribution is 2.45. The van der Waals surface area contributed by atoms with Gasteiger partial charge in [0.1, 0.15) is 16.6 Å². The highest BCUT2D eigenvalue weighted by atomic mass is 35.5. The molecule has 3 aliphatic rings. The number of fused-ring (bicyclic) bond motifs is 1. The number of aromatic nitrogens is 2. The number of rotatable bonds is 2. The van der Waals surface area contributed by atoms with Crippen molar-refractivity contribution < 1.29 is 23.9 Å². The predicted octanol–water partition coefficient (Wildman–Crippen LogP) is 4.34. The maximum Gasteiger partial charge on any atom is 0.412 e. The zero-order valence-electron chi connectivity index (χ0n) is 20.6. The number of amides is 3. The van der Waals surface area contributed by atoms with Crippen LogP contribution in [0.1, 0.15) is 20.8 Å². The smallest absolute Gasteiger partial charge is 0.412 e. The van der Waals surface area contributed by atoms with Crippen LogP contribution in [0.5, 0.6) is 0 Å². The topological polar surface area (TPSA) is 105 Å². The number of piperazine rings is 1. The minimum Gasteiger partial charge on any atom is -0.444 e. The van der Waals surface area contributed by atoms with Crippen LogP contribution in [0.3, 0.4) is 0 Å². The van der Waals surface area contributed by atoms with Crippen molar-refractivity contribution in [1.82, 2.24) is 19.8 Å². The van der Waals surface area contributed by atoms with Crippen LogP contribution in [0.2, 0.25) is 5.15 Å². The van der Waals surface area contributed by atoms with E-state index < -0.39 is 24.0 Å². The highest BCUT2D eigenvalue weighted by molar-refractivity contribution is 8.10. The molecule has 0 aromatic carbocycles. The summed E-state index contributed by atoms with van der Waals surface area (Å²) in [6.07, 6.45) is -1.89. The van der Waals surface area contributed by atoms with Gasteiger partial charge < -0.3 is 19.3 Å². The monoisotopic (exact) mass is 563 g/mol. The van der Waals surface area contributed by atoms with Gasteiger partial charge in [-0.2, -0.15) is 0 Å². The van der Waals surface area contributed by atoms with E-state index in [4.69, 9.17) is 21.1 Å². The van der Waals surface area contributed by atoms with Gasteiger partial charge in [0.15, 0.2) is 5.65 Å². The summed E-state index contributed by atoms with van der Waals surface area (Å²) in [7, 11) is 0. The summed E-state index contributed by atoms with van der Waals surface area (Å²) >= 11 is 9.03. The van der Waals surface area contributed by atoms with Crippen LogP contribution in [0.4, 0.5) is 15.4 Å². The minimum atomic E-state index is -0.930. The van der Waals surface area contributed by atoms with Crippen LogP contribution in [-0.2, 0) is 14.3 Å². The molecule has 1 saturated heterocycles. The molecule has 1 unspecified atom stereocenters. The Labute approximate surface area is 227 Å². The van der Waals surface area contributed by atoms with Crippen molar-refractivity contribution in [2.45, 2.75) is 32.6 Å². The molecule has 0 bridgehead atoms. The van der Waals surface area contributed by atoms with Crippen molar-refractivity contribution in [1.29, 1.82) is 0 Å². The van der Waals surface area contributed by atoms with Crippen LogP contribution < -0.4 is 4.90 Å². The highest BCUT2D eigenvalue weighted by Gasteiger charge is 2.46. The number of carbonyl (C=O) groups is 3. The Hall–Kier alpha value is -2.70. The normalized spacial score (nSPS) is 20.4. The second kappa shape index (κ2) is 10.2. The molecule has 0 N–H and O–H groups in total. The first-order valence-electron chi connectivity index (χ1n) is 11.8. The molecule has 10 nitrogen and oxygen atoms in total. The fourth-order valence-corrected chi connectivity index (χ4v) is 6.68. The van der Waals surface area contributed by atoms with Crippen LogP contribution in [0.25, 0.3) is 11.0 Å². The standard InChI is InChI=1S/C24H26ClN5O5S2/c1-24(2,3)35-23(33)29-10-8-28(9-11-29)22(32)34-21-18-17(36-12-13-37-18)20(31)30(21)16-7-5-14-4-6-15(25)26-19(14)27-16/h4-7,21H,8-13H2,1-3H3. The first-order valence-corrected chi connectivity index (χ1v) is 14.2. The molecule has 2 aromatic rings. The average Bonchev–Trinajstić information content (AvgIpc) is 3.14. The number of nitrogens with zero attached hydrogens (tertiary/aromatic N) is 5. The van der Waals surface area contributed by atoms with E-state index >= 15 is 0 Å². The first kappa shape index (κ1) is 25.9. The Morgan fingerprint density at radius 3 is 2.32 bits per heavy atom. The third-order valence-electron chi connectivity index (χ3n) is 5.84. The van der Waals surface area contributed by atoms with Gasteiger partial charge in [-0.1, -0.05) is 11.6 Å². The van der Waals surface area contributed by atoms with Crippen molar-refractivity contribution in [2.24, 2.45) is 0 Å².